The Bertz CT molecular complexity index is 1210. The average Bonchev–Trinajstić information content (AvgIpc) is 3.20. The zero-order valence-electron chi connectivity index (χ0n) is 17.4. The Kier molecular flexibility index (Phi) is 6.42. The lowest BCUT2D eigenvalue weighted by atomic mass is 9.97. The summed E-state index contributed by atoms with van der Waals surface area (Å²) < 4.78 is 1.93. The standard InChI is InChI=1S/C23H23ClN4O3.ClH/c24-18-8-16-20(9-21(18)28-11-15-2-1-5-26-19(15)13-28)27(10-14-3-6-25-7-4-14)12-17(22(16)29)23(30)31;/h1-2,5,8-9,12,14,25H,3-4,6-7,10-11,13H2,(H,30,31);1H. The Balaban J connectivity index is 0.00000245. The van der Waals surface area contributed by atoms with Crippen LogP contribution >= 0.6 is 24.0 Å². The predicted molar refractivity (Wildman–Crippen MR) is 127 cm³/mol. The lowest BCUT2D eigenvalue weighted by Crippen LogP contribution is -2.30. The van der Waals surface area contributed by atoms with E-state index in [-0.39, 0.29) is 18.0 Å². The van der Waals surface area contributed by atoms with Crippen LogP contribution in [0.15, 0.2) is 41.5 Å². The predicted octanol–water partition coefficient (Wildman–Crippen LogP) is 3.69. The number of hydrogen-bond acceptors (Lipinski definition) is 5. The summed E-state index contributed by atoms with van der Waals surface area (Å²) in [5.74, 6) is -0.791. The number of carboxylic acids is 1. The van der Waals surface area contributed by atoms with Crippen LogP contribution in [0.2, 0.25) is 5.02 Å². The minimum absolute atomic E-state index is 0. The molecule has 0 aliphatic carbocycles. The van der Waals surface area contributed by atoms with Gasteiger partial charge < -0.3 is 19.9 Å². The van der Waals surface area contributed by atoms with Crippen molar-refractivity contribution in [2.45, 2.75) is 32.5 Å². The van der Waals surface area contributed by atoms with Crippen LogP contribution in [0, 0.1) is 5.92 Å². The van der Waals surface area contributed by atoms with Gasteiger partial charge in [-0.1, -0.05) is 17.7 Å². The largest absolute Gasteiger partial charge is 0.477 e. The number of aromatic carboxylic acids is 1. The molecule has 1 fully saturated rings. The molecule has 3 aromatic rings. The number of anilines is 1. The van der Waals surface area contributed by atoms with Gasteiger partial charge in [-0.15, -0.1) is 12.4 Å². The van der Waals surface area contributed by atoms with E-state index in [0.29, 0.717) is 36.0 Å². The van der Waals surface area contributed by atoms with E-state index in [4.69, 9.17) is 11.6 Å². The first kappa shape index (κ1) is 22.6. The third kappa shape index (κ3) is 4.08. The first-order valence-electron chi connectivity index (χ1n) is 10.5. The van der Waals surface area contributed by atoms with Gasteiger partial charge in [-0.3, -0.25) is 9.78 Å². The van der Waals surface area contributed by atoms with E-state index in [1.165, 1.54) is 6.20 Å². The van der Waals surface area contributed by atoms with Gasteiger partial charge in [0, 0.05) is 30.9 Å². The van der Waals surface area contributed by atoms with Crippen molar-refractivity contribution < 1.29 is 9.90 Å². The Morgan fingerprint density at radius 2 is 2.03 bits per heavy atom. The van der Waals surface area contributed by atoms with Gasteiger partial charge in [-0.2, -0.15) is 0 Å². The van der Waals surface area contributed by atoms with Gasteiger partial charge in [-0.05, 0) is 55.6 Å². The molecule has 0 atom stereocenters. The minimum Gasteiger partial charge on any atom is -0.477 e. The Morgan fingerprint density at radius 3 is 2.75 bits per heavy atom. The van der Waals surface area contributed by atoms with Gasteiger partial charge in [0.05, 0.1) is 28.5 Å². The maximum atomic E-state index is 12.9. The number of hydrogen-bond donors (Lipinski definition) is 2. The van der Waals surface area contributed by atoms with Crippen LogP contribution in [-0.2, 0) is 19.6 Å². The fraction of sp³-hybridized carbons (Fsp3) is 0.348. The molecule has 0 radical (unpaired) electrons. The highest BCUT2D eigenvalue weighted by atomic mass is 35.5. The first-order chi connectivity index (χ1) is 15.0. The van der Waals surface area contributed by atoms with Crippen molar-refractivity contribution in [3.05, 3.63) is 68.7 Å². The van der Waals surface area contributed by atoms with Crippen molar-refractivity contribution in [1.29, 1.82) is 0 Å². The summed E-state index contributed by atoms with van der Waals surface area (Å²) in [6.07, 6.45) is 5.31. The van der Waals surface area contributed by atoms with Gasteiger partial charge >= 0.3 is 5.97 Å². The molecule has 2 aromatic heterocycles. The molecule has 0 spiro atoms. The van der Waals surface area contributed by atoms with E-state index in [0.717, 1.165) is 48.4 Å². The number of carbonyl (C=O) groups is 1. The quantitative estimate of drug-likeness (QED) is 0.599. The molecule has 9 heteroatoms. The second kappa shape index (κ2) is 9.10. The molecule has 2 aliphatic heterocycles. The molecule has 0 bridgehead atoms. The van der Waals surface area contributed by atoms with Crippen LogP contribution < -0.4 is 15.6 Å². The zero-order chi connectivity index (χ0) is 21.5. The number of nitrogens with zero attached hydrogens (tertiary/aromatic N) is 3. The van der Waals surface area contributed by atoms with Gasteiger partial charge in [0.2, 0.25) is 5.43 Å². The molecule has 4 heterocycles. The van der Waals surface area contributed by atoms with Crippen LogP contribution in [0.3, 0.4) is 0 Å². The fourth-order valence-corrected chi connectivity index (χ4v) is 4.94. The van der Waals surface area contributed by atoms with Crippen LogP contribution in [0.25, 0.3) is 10.9 Å². The Labute approximate surface area is 196 Å². The molecule has 1 saturated heterocycles. The van der Waals surface area contributed by atoms with Crippen molar-refractivity contribution in [2.24, 2.45) is 5.92 Å². The number of fused-ring (bicyclic) bond motifs is 2. The number of pyridine rings is 2. The van der Waals surface area contributed by atoms with Crippen LogP contribution in [-0.4, -0.2) is 33.7 Å². The number of rotatable bonds is 4. The first-order valence-corrected chi connectivity index (χ1v) is 10.9. The lowest BCUT2D eigenvalue weighted by molar-refractivity contribution is 0.0694. The molecule has 1 aromatic carbocycles. The molecule has 2 N–H and O–H groups in total. The SMILES string of the molecule is Cl.O=C(O)c1cn(CC2CCNCC2)c2cc(N3Cc4cccnc4C3)c(Cl)cc2c1=O. The summed E-state index contributed by atoms with van der Waals surface area (Å²) >= 11 is 6.61. The number of halogens is 2. The van der Waals surface area contributed by atoms with Crippen LogP contribution in [0.5, 0.6) is 0 Å². The maximum Gasteiger partial charge on any atom is 0.341 e. The van der Waals surface area contributed by atoms with E-state index >= 15 is 0 Å². The summed E-state index contributed by atoms with van der Waals surface area (Å²) in [5.41, 5.74) is 3.01. The molecule has 168 valence electrons. The van der Waals surface area contributed by atoms with E-state index in [1.807, 2.05) is 16.7 Å². The summed E-state index contributed by atoms with van der Waals surface area (Å²) in [6.45, 7) is 3.91. The summed E-state index contributed by atoms with van der Waals surface area (Å²) in [6, 6.07) is 7.53. The molecule has 2 aliphatic rings. The molecular formula is C23H24Cl2N4O3. The summed E-state index contributed by atoms with van der Waals surface area (Å²) in [7, 11) is 0. The van der Waals surface area contributed by atoms with Crippen LogP contribution in [0.4, 0.5) is 5.69 Å². The lowest BCUT2D eigenvalue weighted by Gasteiger charge is -2.26. The van der Waals surface area contributed by atoms with Crippen molar-refractivity contribution in [2.75, 3.05) is 18.0 Å². The highest BCUT2D eigenvalue weighted by molar-refractivity contribution is 6.34. The van der Waals surface area contributed by atoms with Crippen molar-refractivity contribution in [1.82, 2.24) is 14.9 Å². The summed E-state index contributed by atoms with van der Waals surface area (Å²) in [5, 5.41) is 13.7. The molecule has 7 nitrogen and oxygen atoms in total. The monoisotopic (exact) mass is 474 g/mol. The van der Waals surface area contributed by atoms with Crippen LogP contribution in [0.1, 0.15) is 34.5 Å². The maximum absolute atomic E-state index is 12.9. The van der Waals surface area contributed by atoms with Crippen molar-refractivity contribution in [3.63, 3.8) is 0 Å². The third-order valence-corrected chi connectivity index (χ3v) is 6.62. The van der Waals surface area contributed by atoms with Gasteiger partial charge in [-0.25, -0.2) is 4.79 Å². The fourth-order valence-electron chi connectivity index (χ4n) is 4.66. The van der Waals surface area contributed by atoms with E-state index in [1.54, 1.807) is 12.3 Å². The number of nitrogens with one attached hydrogen (secondary N) is 1. The van der Waals surface area contributed by atoms with Crippen molar-refractivity contribution >= 4 is 46.6 Å². The third-order valence-electron chi connectivity index (χ3n) is 6.32. The highest BCUT2D eigenvalue weighted by Gasteiger charge is 2.24. The smallest absolute Gasteiger partial charge is 0.341 e. The number of carboxylic acid groups (broad SMARTS) is 1. The normalized spacial score (nSPS) is 16.1. The average molecular weight is 475 g/mol. The molecule has 0 saturated carbocycles. The van der Waals surface area contributed by atoms with E-state index in [9.17, 15) is 14.7 Å². The second-order valence-corrected chi connectivity index (χ2v) is 8.72. The Morgan fingerprint density at radius 1 is 1.25 bits per heavy atom. The summed E-state index contributed by atoms with van der Waals surface area (Å²) in [4.78, 5) is 31.2. The molecular weight excluding hydrogens is 451 g/mol. The highest BCUT2D eigenvalue weighted by Crippen LogP contribution is 2.35. The molecule has 0 amide bonds. The van der Waals surface area contributed by atoms with E-state index in [2.05, 4.69) is 21.3 Å². The molecule has 0 unspecified atom stereocenters. The van der Waals surface area contributed by atoms with Gasteiger partial charge in [0.15, 0.2) is 0 Å². The zero-order valence-corrected chi connectivity index (χ0v) is 19.0. The molecule has 32 heavy (non-hydrogen) atoms. The number of benzene rings is 1. The van der Waals surface area contributed by atoms with Gasteiger partial charge in [0.1, 0.15) is 5.56 Å². The molecule has 5 rings (SSSR count). The van der Waals surface area contributed by atoms with E-state index < -0.39 is 11.4 Å². The second-order valence-electron chi connectivity index (χ2n) is 8.31. The number of piperidine rings is 1. The topological polar surface area (TPSA) is 87.5 Å². The minimum atomic E-state index is -1.22. The number of aromatic nitrogens is 2. The van der Waals surface area contributed by atoms with Crippen molar-refractivity contribution in [3.8, 4) is 0 Å². The Hall–Kier alpha value is -2.61. The van der Waals surface area contributed by atoms with Gasteiger partial charge in [0.25, 0.3) is 0 Å².